The van der Waals surface area contributed by atoms with Crippen molar-refractivity contribution in [3.8, 4) is 0 Å². The number of para-hydroxylation sites is 2. The van der Waals surface area contributed by atoms with Crippen LogP contribution in [0.25, 0.3) is 11.0 Å². The molecule has 1 aromatic carbocycles. The van der Waals surface area contributed by atoms with Gasteiger partial charge in [0.25, 0.3) is 5.91 Å². The van der Waals surface area contributed by atoms with E-state index in [1.54, 1.807) is 0 Å². The third-order valence-corrected chi connectivity index (χ3v) is 4.49. The number of hydrogen-bond acceptors (Lipinski definition) is 4. The Balaban J connectivity index is 0.00000182. The summed E-state index contributed by atoms with van der Waals surface area (Å²) in [5.41, 5.74) is 4.63. The van der Waals surface area contributed by atoms with Crippen molar-refractivity contribution in [2.24, 2.45) is 0 Å². The lowest BCUT2D eigenvalue weighted by atomic mass is 10.1. The summed E-state index contributed by atoms with van der Waals surface area (Å²) in [7, 11) is 0. The Kier molecular flexibility index (Phi) is 5.06. The smallest absolute Gasteiger partial charge is 0.272 e. The van der Waals surface area contributed by atoms with Gasteiger partial charge in [-0.1, -0.05) is 12.1 Å². The van der Waals surface area contributed by atoms with Crippen LogP contribution in [0, 0.1) is 6.92 Å². The second kappa shape index (κ2) is 7.25. The molecular weight excluding hydrogens is 340 g/mol. The van der Waals surface area contributed by atoms with Crippen LogP contribution in [0.2, 0.25) is 0 Å². The number of carbonyl (C=O) groups is 1. The summed E-state index contributed by atoms with van der Waals surface area (Å²) >= 11 is 0. The molecule has 0 bridgehead atoms. The van der Waals surface area contributed by atoms with Crippen molar-refractivity contribution < 1.29 is 4.79 Å². The second-order valence-electron chi connectivity index (χ2n) is 6.01. The number of benzene rings is 1. The van der Waals surface area contributed by atoms with Crippen LogP contribution < -0.4 is 10.6 Å². The van der Waals surface area contributed by atoms with Crippen molar-refractivity contribution in [1.82, 2.24) is 30.4 Å². The molecule has 3 heterocycles. The second-order valence-corrected chi connectivity index (χ2v) is 6.01. The lowest BCUT2D eigenvalue weighted by molar-refractivity contribution is 0.0946. The first-order chi connectivity index (χ1) is 11.7. The number of aromatic nitrogens is 4. The Bertz CT molecular complexity index is 900. The van der Waals surface area contributed by atoms with E-state index >= 15 is 0 Å². The number of carbonyl (C=O) groups excluding carboxylic acids is 1. The zero-order valence-corrected chi connectivity index (χ0v) is 14.8. The fourth-order valence-electron chi connectivity index (χ4n) is 3.26. The molecule has 25 heavy (non-hydrogen) atoms. The summed E-state index contributed by atoms with van der Waals surface area (Å²) in [5.74, 6) is 0.824. The molecule has 3 aromatic rings. The third-order valence-electron chi connectivity index (χ3n) is 4.49. The van der Waals surface area contributed by atoms with Gasteiger partial charge in [-0.15, -0.1) is 12.4 Å². The highest BCUT2D eigenvalue weighted by Gasteiger charge is 2.21. The predicted molar refractivity (Wildman–Crippen MR) is 98.0 cm³/mol. The molecule has 0 radical (unpaired) electrons. The topological polar surface area (TPSA) is 87.6 Å². The molecule has 0 unspecified atom stereocenters. The van der Waals surface area contributed by atoms with Crippen LogP contribution in [0.3, 0.4) is 0 Å². The maximum atomic E-state index is 12.4. The van der Waals surface area contributed by atoms with Gasteiger partial charge in [-0.2, -0.15) is 5.10 Å². The van der Waals surface area contributed by atoms with Crippen molar-refractivity contribution in [1.29, 1.82) is 0 Å². The minimum absolute atomic E-state index is 0. The number of H-pyrrole nitrogens is 1. The normalized spacial score (nSPS) is 13.3. The molecule has 132 valence electrons. The van der Waals surface area contributed by atoms with Crippen LogP contribution in [0.5, 0.6) is 0 Å². The number of amides is 1. The number of nitrogens with zero attached hydrogens (tertiary/aromatic N) is 3. The molecule has 0 atom stereocenters. The van der Waals surface area contributed by atoms with E-state index in [1.165, 1.54) is 0 Å². The molecule has 1 amide bonds. The molecule has 2 aromatic heterocycles. The van der Waals surface area contributed by atoms with Gasteiger partial charge < -0.3 is 15.2 Å². The van der Waals surface area contributed by atoms with Gasteiger partial charge >= 0.3 is 0 Å². The van der Waals surface area contributed by atoms with Crippen LogP contribution in [0.15, 0.2) is 24.3 Å². The highest BCUT2D eigenvalue weighted by Crippen LogP contribution is 2.16. The monoisotopic (exact) mass is 360 g/mol. The van der Waals surface area contributed by atoms with Crippen LogP contribution in [0.1, 0.15) is 27.6 Å². The highest BCUT2D eigenvalue weighted by atomic mass is 35.5. The van der Waals surface area contributed by atoms with E-state index in [1.807, 2.05) is 31.2 Å². The van der Waals surface area contributed by atoms with Gasteiger partial charge in [0.05, 0.1) is 11.0 Å². The van der Waals surface area contributed by atoms with Gasteiger partial charge in [-0.3, -0.25) is 9.89 Å². The van der Waals surface area contributed by atoms with Crippen LogP contribution >= 0.6 is 12.4 Å². The minimum atomic E-state index is -0.127. The molecule has 1 aliphatic rings. The summed E-state index contributed by atoms with van der Waals surface area (Å²) in [6, 6.07) is 8.03. The first-order valence-electron chi connectivity index (χ1n) is 8.21. The van der Waals surface area contributed by atoms with E-state index in [0.717, 1.165) is 41.1 Å². The van der Waals surface area contributed by atoms with Crippen LogP contribution in [0.4, 0.5) is 0 Å². The summed E-state index contributed by atoms with van der Waals surface area (Å²) < 4.78 is 2.12. The van der Waals surface area contributed by atoms with E-state index < -0.39 is 0 Å². The molecule has 3 N–H and O–H groups in total. The number of fused-ring (bicyclic) bond motifs is 2. The van der Waals surface area contributed by atoms with Crippen molar-refractivity contribution in [2.75, 3.05) is 13.1 Å². The first kappa shape index (κ1) is 17.4. The molecule has 8 heteroatoms. The summed E-state index contributed by atoms with van der Waals surface area (Å²) in [5, 5.41) is 13.4. The summed E-state index contributed by atoms with van der Waals surface area (Å²) in [4.78, 5) is 17.0. The van der Waals surface area contributed by atoms with E-state index in [0.29, 0.717) is 25.3 Å². The maximum absolute atomic E-state index is 12.4. The van der Waals surface area contributed by atoms with E-state index in [-0.39, 0.29) is 18.3 Å². The van der Waals surface area contributed by atoms with E-state index in [2.05, 4.69) is 30.4 Å². The van der Waals surface area contributed by atoms with Gasteiger partial charge in [0.1, 0.15) is 5.82 Å². The summed E-state index contributed by atoms with van der Waals surface area (Å²) in [6.07, 6.45) is 0.885. The fourth-order valence-corrected chi connectivity index (χ4v) is 3.26. The quantitative estimate of drug-likeness (QED) is 0.659. The molecular formula is C17H21ClN6O. The first-order valence-corrected chi connectivity index (χ1v) is 8.21. The van der Waals surface area contributed by atoms with Crippen molar-refractivity contribution in [3.05, 3.63) is 47.0 Å². The van der Waals surface area contributed by atoms with E-state index in [9.17, 15) is 4.79 Å². The molecule has 0 fully saturated rings. The molecule has 4 rings (SSSR count). The number of aryl methyl sites for hydroxylation is 1. The Morgan fingerprint density at radius 2 is 2.20 bits per heavy atom. The number of rotatable bonds is 4. The number of aromatic amines is 1. The third kappa shape index (κ3) is 3.25. The number of hydrogen-bond donors (Lipinski definition) is 3. The molecule has 0 aliphatic carbocycles. The number of imidazole rings is 1. The predicted octanol–water partition coefficient (Wildman–Crippen LogP) is 1.57. The van der Waals surface area contributed by atoms with Gasteiger partial charge in [-0.25, -0.2) is 4.98 Å². The zero-order valence-electron chi connectivity index (χ0n) is 14.0. The van der Waals surface area contributed by atoms with Gasteiger partial charge in [-0.05, 0) is 19.1 Å². The lowest BCUT2D eigenvalue weighted by Gasteiger charge is -2.13. The summed E-state index contributed by atoms with van der Waals surface area (Å²) in [6.45, 7) is 4.82. The average Bonchev–Trinajstić information content (AvgIpc) is 3.16. The van der Waals surface area contributed by atoms with Crippen molar-refractivity contribution >= 4 is 29.3 Å². The Labute approximate surface area is 151 Å². The van der Waals surface area contributed by atoms with Gasteiger partial charge in [0.2, 0.25) is 0 Å². The Morgan fingerprint density at radius 1 is 1.36 bits per heavy atom. The zero-order chi connectivity index (χ0) is 16.5. The standard InChI is InChI=1S/C17H20N6O.ClH/c1-11-20-14-4-2-3-5-15(14)23(11)9-8-19-17(24)16-12-10-18-7-6-13(12)21-22-16;/h2-5,18H,6-10H2,1H3,(H,19,24)(H,21,22);1H. The lowest BCUT2D eigenvalue weighted by Crippen LogP contribution is -2.30. The molecule has 7 nitrogen and oxygen atoms in total. The molecule has 0 saturated carbocycles. The maximum Gasteiger partial charge on any atom is 0.272 e. The fraction of sp³-hybridized carbons (Fsp3) is 0.353. The largest absolute Gasteiger partial charge is 0.349 e. The Hall–Kier alpha value is -2.38. The number of nitrogens with one attached hydrogen (secondary N) is 3. The minimum Gasteiger partial charge on any atom is -0.349 e. The highest BCUT2D eigenvalue weighted by molar-refractivity contribution is 5.94. The Morgan fingerprint density at radius 3 is 3.08 bits per heavy atom. The van der Waals surface area contributed by atoms with E-state index in [4.69, 9.17) is 0 Å². The van der Waals surface area contributed by atoms with Crippen molar-refractivity contribution in [2.45, 2.75) is 26.4 Å². The average molecular weight is 361 g/mol. The molecule has 0 saturated heterocycles. The molecule has 1 aliphatic heterocycles. The van der Waals surface area contributed by atoms with Crippen LogP contribution in [-0.2, 0) is 19.5 Å². The van der Waals surface area contributed by atoms with Gasteiger partial charge in [0, 0.05) is 43.9 Å². The number of halogens is 1. The SMILES string of the molecule is Cc1nc2ccccc2n1CCNC(=O)c1n[nH]c2c1CNCC2.Cl. The molecule has 0 spiro atoms. The van der Waals surface area contributed by atoms with Gasteiger partial charge in [0.15, 0.2) is 5.69 Å². The van der Waals surface area contributed by atoms with Crippen LogP contribution in [-0.4, -0.2) is 38.7 Å². The van der Waals surface area contributed by atoms with Crippen molar-refractivity contribution in [3.63, 3.8) is 0 Å².